The maximum Gasteiger partial charge on any atom is 0.151 e. The van der Waals surface area contributed by atoms with Crippen LogP contribution in [0.3, 0.4) is 0 Å². The van der Waals surface area contributed by atoms with Crippen molar-refractivity contribution in [3.05, 3.63) is 102 Å². The standard InChI is InChI=1S/C22H17FN2/c23-19-12-7-13-20-22(19)24-21(15-14-17-8-3-1-4-9-17)25(20)16-18-10-5-2-6-11-18/h1-15H,16H2. The van der Waals surface area contributed by atoms with Crippen LogP contribution in [0.15, 0.2) is 78.9 Å². The first kappa shape index (κ1) is 15.3. The van der Waals surface area contributed by atoms with E-state index >= 15 is 0 Å². The minimum atomic E-state index is -0.293. The fraction of sp³-hybridized carbons (Fsp3) is 0.0455. The van der Waals surface area contributed by atoms with Gasteiger partial charge in [-0.2, -0.15) is 0 Å². The molecule has 2 nitrogen and oxygen atoms in total. The van der Waals surface area contributed by atoms with Gasteiger partial charge in [0.1, 0.15) is 11.3 Å². The van der Waals surface area contributed by atoms with Crippen LogP contribution in [0.2, 0.25) is 0 Å². The Kier molecular flexibility index (Phi) is 4.13. The Hall–Kier alpha value is -3.20. The molecule has 4 aromatic rings. The van der Waals surface area contributed by atoms with Gasteiger partial charge < -0.3 is 4.57 Å². The van der Waals surface area contributed by atoms with E-state index < -0.39 is 0 Å². The third kappa shape index (κ3) is 3.22. The van der Waals surface area contributed by atoms with E-state index in [9.17, 15) is 4.39 Å². The molecular weight excluding hydrogens is 311 g/mol. The molecule has 0 N–H and O–H groups in total. The molecule has 1 heterocycles. The van der Waals surface area contributed by atoms with Crippen molar-refractivity contribution in [3.63, 3.8) is 0 Å². The first-order valence-corrected chi connectivity index (χ1v) is 8.23. The molecule has 0 aliphatic heterocycles. The Balaban J connectivity index is 1.81. The number of rotatable bonds is 4. The molecule has 0 spiro atoms. The van der Waals surface area contributed by atoms with E-state index in [4.69, 9.17) is 0 Å². The van der Waals surface area contributed by atoms with Gasteiger partial charge in [0.15, 0.2) is 5.82 Å². The Labute approximate surface area is 145 Å². The van der Waals surface area contributed by atoms with E-state index in [1.165, 1.54) is 6.07 Å². The normalized spacial score (nSPS) is 11.4. The zero-order valence-corrected chi connectivity index (χ0v) is 13.6. The molecule has 0 amide bonds. The molecule has 0 saturated carbocycles. The van der Waals surface area contributed by atoms with E-state index in [0.717, 1.165) is 22.5 Å². The van der Waals surface area contributed by atoms with Crippen LogP contribution in [-0.4, -0.2) is 9.55 Å². The van der Waals surface area contributed by atoms with Crippen molar-refractivity contribution < 1.29 is 4.39 Å². The first-order valence-electron chi connectivity index (χ1n) is 8.23. The summed E-state index contributed by atoms with van der Waals surface area (Å²) in [6.45, 7) is 0.648. The zero-order valence-electron chi connectivity index (χ0n) is 13.6. The molecule has 0 radical (unpaired) electrons. The number of nitrogens with zero attached hydrogens (tertiary/aromatic N) is 2. The van der Waals surface area contributed by atoms with Crippen molar-refractivity contribution in [2.24, 2.45) is 0 Å². The van der Waals surface area contributed by atoms with Gasteiger partial charge >= 0.3 is 0 Å². The molecule has 0 unspecified atom stereocenters. The first-order chi connectivity index (χ1) is 12.3. The third-order valence-corrected chi connectivity index (χ3v) is 4.17. The Morgan fingerprint density at radius 2 is 1.52 bits per heavy atom. The number of imidazole rings is 1. The predicted octanol–water partition coefficient (Wildman–Crippen LogP) is 5.39. The molecule has 122 valence electrons. The summed E-state index contributed by atoms with van der Waals surface area (Å²) in [7, 11) is 0. The maximum atomic E-state index is 14.2. The van der Waals surface area contributed by atoms with Gasteiger partial charge in [0, 0.05) is 6.54 Å². The summed E-state index contributed by atoms with van der Waals surface area (Å²) in [6.07, 6.45) is 3.94. The Bertz CT molecular complexity index is 1020. The molecule has 0 aliphatic carbocycles. The second-order valence-corrected chi connectivity index (χ2v) is 5.89. The quantitative estimate of drug-likeness (QED) is 0.491. The van der Waals surface area contributed by atoms with Crippen LogP contribution < -0.4 is 0 Å². The zero-order chi connectivity index (χ0) is 17.1. The molecule has 25 heavy (non-hydrogen) atoms. The maximum absolute atomic E-state index is 14.2. The Morgan fingerprint density at radius 1 is 0.800 bits per heavy atom. The number of benzene rings is 3. The van der Waals surface area contributed by atoms with Crippen LogP contribution in [-0.2, 0) is 6.54 Å². The predicted molar refractivity (Wildman–Crippen MR) is 101 cm³/mol. The van der Waals surface area contributed by atoms with Crippen LogP contribution in [0.4, 0.5) is 4.39 Å². The van der Waals surface area contributed by atoms with Gasteiger partial charge in [0.05, 0.1) is 5.52 Å². The van der Waals surface area contributed by atoms with Crippen molar-refractivity contribution in [3.8, 4) is 0 Å². The lowest BCUT2D eigenvalue weighted by Crippen LogP contribution is -2.02. The van der Waals surface area contributed by atoms with E-state index in [-0.39, 0.29) is 5.82 Å². The summed E-state index contributed by atoms with van der Waals surface area (Å²) in [5, 5.41) is 0. The smallest absolute Gasteiger partial charge is 0.151 e. The van der Waals surface area contributed by atoms with Crippen molar-refractivity contribution in [2.45, 2.75) is 6.54 Å². The fourth-order valence-corrected chi connectivity index (χ4v) is 2.93. The SMILES string of the molecule is Fc1cccc2c1nc(C=Cc1ccccc1)n2Cc1ccccc1. The Morgan fingerprint density at radius 3 is 2.28 bits per heavy atom. The topological polar surface area (TPSA) is 17.8 Å². The van der Waals surface area contributed by atoms with E-state index in [1.54, 1.807) is 6.07 Å². The molecular formula is C22H17FN2. The van der Waals surface area contributed by atoms with E-state index in [2.05, 4.69) is 17.1 Å². The monoisotopic (exact) mass is 328 g/mol. The average molecular weight is 328 g/mol. The summed E-state index contributed by atoms with van der Waals surface area (Å²) in [6, 6.07) is 25.3. The van der Waals surface area contributed by atoms with Crippen LogP contribution >= 0.6 is 0 Å². The van der Waals surface area contributed by atoms with E-state index in [1.807, 2.05) is 71.3 Å². The van der Waals surface area contributed by atoms with Gasteiger partial charge in [-0.15, -0.1) is 0 Å². The molecule has 0 bridgehead atoms. The highest BCUT2D eigenvalue weighted by atomic mass is 19.1. The van der Waals surface area contributed by atoms with Crippen molar-refractivity contribution in [1.82, 2.24) is 9.55 Å². The van der Waals surface area contributed by atoms with Gasteiger partial charge in [-0.25, -0.2) is 9.37 Å². The van der Waals surface area contributed by atoms with Crippen LogP contribution in [0.1, 0.15) is 17.0 Å². The number of hydrogen-bond donors (Lipinski definition) is 0. The summed E-state index contributed by atoms with van der Waals surface area (Å²) >= 11 is 0. The fourth-order valence-electron chi connectivity index (χ4n) is 2.93. The summed E-state index contributed by atoms with van der Waals surface area (Å²) in [5.74, 6) is 0.450. The van der Waals surface area contributed by atoms with Gasteiger partial charge in [-0.3, -0.25) is 0 Å². The summed E-state index contributed by atoms with van der Waals surface area (Å²) < 4.78 is 16.2. The van der Waals surface area contributed by atoms with Crippen molar-refractivity contribution in [1.29, 1.82) is 0 Å². The molecule has 0 fully saturated rings. The number of para-hydroxylation sites is 1. The summed E-state index contributed by atoms with van der Waals surface area (Å²) in [4.78, 5) is 4.52. The molecule has 3 heteroatoms. The molecule has 4 rings (SSSR count). The third-order valence-electron chi connectivity index (χ3n) is 4.17. The number of halogens is 1. The molecule has 3 aromatic carbocycles. The van der Waals surface area contributed by atoms with Gasteiger partial charge in [0.2, 0.25) is 0 Å². The second-order valence-electron chi connectivity index (χ2n) is 5.89. The van der Waals surface area contributed by atoms with Gasteiger partial charge in [0.25, 0.3) is 0 Å². The molecule has 0 aliphatic rings. The van der Waals surface area contributed by atoms with Crippen LogP contribution in [0.25, 0.3) is 23.2 Å². The largest absolute Gasteiger partial charge is 0.320 e. The lowest BCUT2D eigenvalue weighted by atomic mass is 10.2. The van der Waals surface area contributed by atoms with Crippen molar-refractivity contribution >= 4 is 23.2 Å². The van der Waals surface area contributed by atoms with Crippen molar-refractivity contribution in [2.75, 3.05) is 0 Å². The van der Waals surface area contributed by atoms with Gasteiger partial charge in [-0.1, -0.05) is 72.8 Å². The highest BCUT2D eigenvalue weighted by Crippen LogP contribution is 2.22. The van der Waals surface area contributed by atoms with Crippen LogP contribution in [0.5, 0.6) is 0 Å². The highest BCUT2D eigenvalue weighted by Gasteiger charge is 2.12. The number of aromatic nitrogens is 2. The van der Waals surface area contributed by atoms with Gasteiger partial charge in [-0.05, 0) is 29.3 Å². The summed E-state index contributed by atoms with van der Waals surface area (Å²) in [5.41, 5.74) is 3.45. The van der Waals surface area contributed by atoms with E-state index in [0.29, 0.717) is 12.1 Å². The van der Waals surface area contributed by atoms with Crippen LogP contribution in [0, 0.1) is 5.82 Å². The minimum Gasteiger partial charge on any atom is -0.320 e. The molecule has 0 atom stereocenters. The lowest BCUT2D eigenvalue weighted by Gasteiger charge is -2.07. The average Bonchev–Trinajstić information content (AvgIpc) is 3.01. The highest BCUT2D eigenvalue weighted by molar-refractivity contribution is 5.80. The molecule has 0 saturated heterocycles. The molecule has 1 aromatic heterocycles. The number of fused-ring (bicyclic) bond motifs is 1. The second kappa shape index (κ2) is 6.73. The minimum absolute atomic E-state index is 0.293. The number of hydrogen-bond acceptors (Lipinski definition) is 1. The lowest BCUT2D eigenvalue weighted by molar-refractivity contribution is 0.637.